The van der Waals surface area contributed by atoms with Gasteiger partial charge in [0, 0.05) is 25.2 Å². The first kappa shape index (κ1) is 24.8. The van der Waals surface area contributed by atoms with Gasteiger partial charge in [-0.1, -0.05) is 36.5 Å². The molecule has 0 aliphatic rings. The average Bonchev–Trinajstić information content (AvgIpc) is 3.11. The number of sulfonamides is 1. The normalized spacial score (nSPS) is 12.4. The molecule has 0 aliphatic carbocycles. The number of aromatic nitrogens is 1. The second-order valence-electron chi connectivity index (χ2n) is 7.81. The van der Waals surface area contributed by atoms with Gasteiger partial charge in [-0.25, -0.2) is 8.42 Å². The summed E-state index contributed by atoms with van der Waals surface area (Å²) in [6.07, 6.45) is 3.97. The third kappa shape index (κ3) is 5.24. The molecule has 33 heavy (non-hydrogen) atoms. The van der Waals surface area contributed by atoms with Crippen molar-refractivity contribution in [3.8, 4) is 0 Å². The van der Waals surface area contributed by atoms with E-state index in [1.165, 1.54) is 57.6 Å². The SMILES string of the molecule is C=CCN(CC=C)S(=O)(=O)c1ccc(C(=O)N=c2sc3c(C)cc(C)cc3n2CCC)cc1. The highest BCUT2D eigenvalue weighted by Gasteiger charge is 2.22. The summed E-state index contributed by atoms with van der Waals surface area (Å²) < 4.78 is 30.2. The van der Waals surface area contributed by atoms with Crippen molar-refractivity contribution in [3.05, 3.63) is 83.2 Å². The highest BCUT2D eigenvalue weighted by Crippen LogP contribution is 2.24. The van der Waals surface area contributed by atoms with Crippen molar-refractivity contribution in [2.75, 3.05) is 13.1 Å². The van der Waals surface area contributed by atoms with E-state index < -0.39 is 15.9 Å². The zero-order chi connectivity index (χ0) is 24.2. The van der Waals surface area contributed by atoms with Gasteiger partial charge in [0.25, 0.3) is 5.91 Å². The number of amides is 1. The molecule has 0 aliphatic heterocycles. The molecule has 0 bridgehead atoms. The summed E-state index contributed by atoms with van der Waals surface area (Å²) in [6.45, 7) is 14.5. The van der Waals surface area contributed by atoms with Gasteiger partial charge in [-0.05, 0) is 61.7 Å². The molecular weight excluding hydrogens is 454 g/mol. The van der Waals surface area contributed by atoms with Gasteiger partial charge in [0.2, 0.25) is 10.0 Å². The number of aryl methyl sites for hydroxylation is 3. The third-order valence-electron chi connectivity index (χ3n) is 5.16. The van der Waals surface area contributed by atoms with E-state index in [2.05, 4.69) is 55.6 Å². The molecule has 3 aromatic rings. The van der Waals surface area contributed by atoms with Crippen LogP contribution >= 0.6 is 11.3 Å². The fraction of sp³-hybridized carbons (Fsp3) is 0.280. The van der Waals surface area contributed by atoms with E-state index in [1.54, 1.807) is 0 Å². The monoisotopic (exact) mass is 483 g/mol. The highest BCUT2D eigenvalue weighted by molar-refractivity contribution is 7.89. The van der Waals surface area contributed by atoms with Crippen molar-refractivity contribution in [2.45, 2.75) is 38.6 Å². The number of hydrogen-bond acceptors (Lipinski definition) is 4. The zero-order valence-corrected chi connectivity index (χ0v) is 20.9. The molecule has 2 aromatic carbocycles. The van der Waals surface area contributed by atoms with Crippen LogP contribution in [0.5, 0.6) is 0 Å². The van der Waals surface area contributed by atoms with Crippen LogP contribution < -0.4 is 4.80 Å². The Morgan fingerprint density at radius 1 is 1.12 bits per heavy atom. The van der Waals surface area contributed by atoms with Crippen LogP contribution in [0.25, 0.3) is 10.2 Å². The molecule has 1 aromatic heterocycles. The van der Waals surface area contributed by atoms with Gasteiger partial charge >= 0.3 is 0 Å². The fourth-order valence-corrected chi connectivity index (χ4v) is 6.15. The standard InChI is InChI=1S/C25H29N3O3S2/c1-6-13-27(14-7-2)33(30,31)21-11-9-20(10-12-21)24(29)26-25-28(15-8-3)22-17-18(4)16-19(5)23(22)32-25/h6-7,9-12,16-17H,1-2,8,13-15H2,3-5H3. The second kappa shape index (κ2) is 10.4. The van der Waals surface area contributed by atoms with Crippen LogP contribution in [0.1, 0.15) is 34.8 Å². The van der Waals surface area contributed by atoms with Crippen molar-refractivity contribution in [3.63, 3.8) is 0 Å². The Hall–Kier alpha value is -2.81. The van der Waals surface area contributed by atoms with Gasteiger partial charge in [0.15, 0.2) is 4.80 Å². The summed E-state index contributed by atoms with van der Waals surface area (Å²) in [5.74, 6) is -0.404. The number of hydrogen-bond donors (Lipinski definition) is 0. The van der Waals surface area contributed by atoms with Gasteiger partial charge in [-0.3, -0.25) is 4.79 Å². The molecule has 1 amide bonds. The molecule has 0 radical (unpaired) electrons. The lowest BCUT2D eigenvalue weighted by Crippen LogP contribution is -2.31. The molecular formula is C25H29N3O3S2. The Morgan fingerprint density at radius 3 is 2.33 bits per heavy atom. The Balaban J connectivity index is 1.99. The predicted molar refractivity (Wildman–Crippen MR) is 135 cm³/mol. The number of carbonyl (C=O) groups is 1. The molecule has 0 N–H and O–H groups in total. The number of fused-ring (bicyclic) bond motifs is 1. The maximum atomic E-state index is 12.9. The van der Waals surface area contributed by atoms with Gasteiger partial charge in [0.05, 0.1) is 15.1 Å². The van der Waals surface area contributed by atoms with E-state index in [0.717, 1.165) is 28.7 Å². The minimum Gasteiger partial charge on any atom is -0.316 e. The zero-order valence-electron chi connectivity index (χ0n) is 19.2. The Morgan fingerprint density at radius 2 is 1.76 bits per heavy atom. The van der Waals surface area contributed by atoms with E-state index in [9.17, 15) is 13.2 Å². The lowest BCUT2D eigenvalue weighted by Gasteiger charge is -2.19. The summed E-state index contributed by atoms with van der Waals surface area (Å²) in [4.78, 5) is 18.1. The van der Waals surface area contributed by atoms with E-state index >= 15 is 0 Å². The van der Waals surface area contributed by atoms with Gasteiger partial charge < -0.3 is 4.57 Å². The van der Waals surface area contributed by atoms with E-state index in [1.807, 2.05) is 0 Å². The van der Waals surface area contributed by atoms with Crippen molar-refractivity contribution in [2.24, 2.45) is 4.99 Å². The summed E-state index contributed by atoms with van der Waals surface area (Å²) in [5.41, 5.74) is 3.74. The number of nitrogens with zero attached hydrogens (tertiary/aromatic N) is 3. The first-order valence-corrected chi connectivity index (χ1v) is 13.0. The van der Waals surface area contributed by atoms with Gasteiger partial charge in [-0.15, -0.1) is 13.2 Å². The van der Waals surface area contributed by atoms with Crippen LogP contribution in [-0.2, 0) is 16.6 Å². The lowest BCUT2D eigenvalue weighted by molar-refractivity contribution is 0.0997. The molecule has 0 fully saturated rings. The van der Waals surface area contributed by atoms with Crippen molar-refractivity contribution in [1.29, 1.82) is 0 Å². The van der Waals surface area contributed by atoms with Crippen LogP contribution in [0.4, 0.5) is 0 Å². The van der Waals surface area contributed by atoms with Gasteiger partial charge in [0.1, 0.15) is 0 Å². The molecule has 0 saturated heterocycles. The Kier molecular flexibility index (Phi) is 7.84. The van der Waals surface area contributed by atoms with E-state index in [0.29, 0.717) is 10.4 Å². The van der Waals surface area contributed by atoms with E-state index in [-0.39, 0.29) is 18.0 Å². The number of thiazole rings is 1. The molecule has 174 valence electrons. The van der Waals surface area contributed by atoms with Crippen LogP contribution in [0.15, 0.2) is 71.6 Å². The number of benzene rings is 2. The van der Waals surface area contributed by atoms with Gasteiger partial charge in [-0.2, -0.15) is 9.30 Å². The maximum Gasteiger partial charge on any atom is 0.279 e. The quantitative estimate of drug-likeness (QED) is 0.409. The average molecular weight is 484 g/mol. The third-order valence-corrected chi connectivity index (χ3v) is 8.24. The Bertz CT molecular complexity index is 1350. The van der Waals surface area contributed by atoms with Crippen LogP contribution in [0, 0.1) is 13.8 Å². The molecule has 0 atom stereocenters. The fourth-order valence-electron chi connectivity index (χ4n) is 3.67. The van der Waals surface area contributed by atoms with E-state index in [4.69, 9.17) is 0 Å². The summed E-state index contributed by atoms with van der Waals surface area (Å²) >= 11 is 1.50. The van der Waals surface area contributed by atoms with Crippen molar-refractivity contribution < 1.29 is 13.2 Å². The molecule has 8 heteroatoms. The minimum atomic E-state index is -3.72. The first-order chi connectivity index (χ1) is 15.7. The molecule has 6 nitrogen and oxygen atoms in total. The second-order valence-corrected chi connectivity index (χ2v) is 10.7. The van der Waals surface area contributed by atoms with Crippen molar-refractivity contribution in [1.82, 2.24) is 8.87 Å². The largest absolute Gasteiger partial charge is 0.316 e. The lowest BCUT2D eigenvalue weighted by atomic mass is 10.1. The van der Waals surface area contributed by atoms with Crippen molar-refractivity contribution >= 4 is 37.5 Å². The molecule has 1 heterocycles. The number of rotatable bonds is 9. The minimum absolute atomic E-state index is 0.108. The predicted octanol–water partition coefficient (Wildman–Crippen LogP) is 4.83. The smallest absolute Gasteiger partial charge is 0.279 e. The molecule has 0 saturated carbocycles. The summed E-state index contributed by atoms with van der Waals surface area (Å²) in [5, 5.41) is 0. The summed E-state index contributed by atoms with van der Waals surface area (Å²) in [7, 11) is -3.72. The molecule has 0 spiro atoms. The van der Waals surface area contributed by atoms with Crippen LogP contribution in [-0.4, -0.2) is 36.3 Å². The first-order valence-electron chi connectivity index (χ1n) is 10.7. The Labute approximate surface area is 199 Å². The number of carbonyl (C=O) groups excluding carboxylic acids is 1. The topological polar surface area (TPSA) is 71.7 Å². The maximum absolute atomic E-state index is 12.9. The molecule has 3 rings (SSSR count). The van der Waals surface area contributed by atoms with Crippen LogP contribution in [0.2, 0.25) is 0 Å². The molecule has 0 unspecified atom stereocenters. The summed E-state index contributed by atoms with van der Waals surface area (Å²) in [6, 6.07) is 10.1. The van der Waals surface area contributed by atoms with Crippen LogP contribution in [0.3, 0.4) is 0 Å². The highest BCUT2D eigenvalue weighted by atomic mass is 32.2.